The molecule has 2 aromatic heterocycles. The molecule has 0 spiro atoms. The van der Waals surface area contributed by atoms with Crippen LogP contribution in [0.2, 0.25) is 5.02 Å². The summed E-state index contributed by atoms with van der Waals surface area (Å²) in [5, 5.41) is 6.13. The predicted molar refractivity (Wildman–Crippen MR) is 142 cm³/mol. The van der Waals surface area contributed by atoms with E-state index in [0.29, 0.717) is 37.0 Å². The third-order valence-electron chi connectivity index (χ3n) is 6.36. The van der Waals surface area contributed by atoms with E-state index in [0.717, 1.165) is 60.6 Å². The number of benzene rings is 1. The minimum Gasteiger partial charge on any atom is -0.355 e. The highest BCUT2D eigenvalue weighted by molar-refractivity contribution is 7.89. The van der Waals surface area contributed by atoms with Crippen molar-refractivity contribution < 1.29 is 8.42 Å². The summed E-state index contributed by atoms with van der Waals surface area (Å²) in [5.41, 5.74) is 1.59. The van der Waals surface area contributed by atoms with E-state index < -0.39 is 10.0 Å². The lowest BCUT2D eigenvalue weighted by molar-refractivity contribution is 0.432. The van der Waals surface area contributed by atoms with Gasteiger partial charge in [0.15, 0.2) is 5.65 Å². The van der Waals surface area contributed by atoms with E-state index in [9.17, 15) is 8.42 Å². The topological polar surface area (TPSA) is 84.2 Å². The molecule has 35 heavy (non-hydrogen) atoms. The lowest BCUT2D eigenvalue weighted by atomic mass is 10.1. The zero-order valence-electron chi connectivity index (χ0n) is 20.8. The van der Waals surface area contributed by atoms with Gasteiger partial charge in [-0.2, -0.15) is 5.10 Å². The third-order valence-corrected chi connectivity index (χ3v) is 8.55. The molecule has 1 saturated heterocycles. The molecule has 0 radical (unpaired) electrons. The quantitative estimate of drug-likeness (QED) is 0.408. The zero-order valence-corrected chi connectivity index (χ0v) is 22.4. The van der Waals surface area contributed by atoms with Gasteiger partial charge in [0.1, 0.15) is 11.6 Å². The van der Waals surface area contributed by atoms with Crippen molar-refractivity contribution in [2.45, 2.75) is 52.9 Å². The van der Waals surface area contributed by atoms with E-state index in [2.05, 4.69) is 23.8 Å². The third kappa shape index (κ3) is 6.13. The average molecular weight is 519 g/mol. The Morgan fingerprint density at radius 3 is 2.69 bits per heavy atom. The first-order valence-corrected chi connectivity index (χ1v) is 14.5. The first-order chi connectivity index (χ1) is 16.8. The highest BCUT2D eigenvalue weighted by Gasteiger charge is 2.27. The van der Waals surface area contributed by atoms with Gasteiger partial charge in [0.25, 0.3) is 0 Å². The summed E-state index contributed by atoms with van der Waals surface area (Å²) in [5.74, 6) is 2.36. The van der Waals surface area contributed by atoms with E-state index in [1.165, 1.54) is 0 Å². The maximum Gasteiger partial charge on any atom is 0.214 e. The smallest absolute Gasteiger partial charge is 0.214 e. The van der Waals surface area contributed by atoms with Gasteiger partial charge in [-0.1, -0.05) is 44.9 Å². The molecular weight excluding hydrogens is 484 g/mol. The number of aromatic nitrogens is 4. The summed E-state index contributed by atoms with van der Waals surface area (Å²) >= 11 is 6.25. The van der Waals surface area contributed by atoms with Crippen LogP contribution in [0.3, 0.4) is 0 Å². The van der Waals surface area contributed by atoms with Crippen molar-refractivity contribution in [3.63, 3.8) is 0 Å². The van der Waals surface area contributed by atoms with Gasteiger partial charge in [-0.25, -0.2) is 27.4 Å². The molecule has 1 aromatic carbocycles. The Morgan fingerprint density at radius 1 is 1.11 bits per heavy atom. The molecule has 0 amide bonds. The second-order valence-electron chi connectivity index (χ2n) is 9.58. The van der Waals surface area contributed by atoms with Crippen molar-refractivity contribution in [2.24, 2.45) is 5.92 Å². The molecular formula is C25H35ClN6O2S. The van der Waals surface area contributed by atoms with Crippen molar-refractivity contribution in [1.82, 2.24) is 24.1 Å². The van der Waals surface area contributed by atoms with E-state index in [-0.39, 0.29) is 5.75 Å². The van der Waals surface area contributed by atoms with Crippen molar-refractivity contribution >= 4 is 38.5 Å². The van der Waals surface area contributed by atoms with E-state index in [1.54, 1.807) is 10.5 Å². The van der Waals surface area contributed by atoms with Crippen LogP contribution in [0.4, 0.5) is 5.82 Å². The van der Waals surface area contributed by atoms with Gasteiger partial charge in [0.05, 0.1) is 23.0 Å². The Labute approximate surface area is 213 Å². The van der Waals surface area contributed by atoms with E-state index >= 15 is 0 Å². The van der Waals surface area contributed by atoms with Crippen LogP contribution >= 0.6 is 11.6 Å². The fourth-order valence-electron chi connectivity index (χ4n) is 4.34. The lowest BCUT2D eigenvalue weighted by Gasteiger charge is -2.23. The van der Waals surface area contributed by atoms with Crippen LogP contribution in [-0.2, 0) is 16.4 Å². The molecule has 1 aliphatic heterocycles. The Bertz CT molecular complexity index is 1260. The van der Waals surface area contributed by atoms with Crippen molar-refractivity contribution in [3.05, 3.63) is 41.3 Å². The van der Waals surface area contributed by atoms with Gasteiger partial charge in [-0.05, 0) is 43.4 Å². The van der Waals surface area contributed by atoms with Gasteiger partial charge in [0.2, 0.25) is 10.0 Å². The largest absolute Gasteiger partial charge is 0.355 e. The number of unbranched alkanes of at least 4 members (excludes halogenated alkanes) is 1. The number of halogens is 1. The molecule has 1 fully saturated rings. The molecule has 0 bridgehead atoms. The van der Waals surface area contributed by atoms with Crippen LogP contribution in [0.5, 0.6) is 0 Å². The van der Waals surface area contributed by atoms with Gasteiger partial charge in [0, 0.05) is 37.6 Å². The summed E-state index contributed by atoms with van der Waals surface area (Å²) in [7, 11) is -3.23. The summed E-state index contributed by atoms with van der Waals surface area (Å²) in [4.78, 5) is 12.1. The second-order valence-corrected chi connectivity index (χ2v) is 12.1. The Balaban J connectivity index is 1.69. The monoisotopic (exact) mass is 518 g/mol. The zero-order chi connectivity index (χ0) is 25.0. The first kappa shape index (κ1) is 25.9. The molecule has 10 heteroatoms. The van der Waals surface area contributed by atoms with Gasteiger partial charge in [-0.3, -0.25) is 0 Å². The van der Waals surface area contributed by atoms with Crippen LogP contribution in [0, 0.1) is 5.92 Å². The maximum absolute atomic E-state index is 12.8. The molecule has 190 valence electrons. The first-order valence-electron chi connectivity index (χ1n) is 12.5. The minimum atomic E-state index is -3.23. The molecule has 0 atom stereocenters. The molecule has 4 rings (SSSR count). The van der Waals surface area contributed by atoms with Crippen LogP contribution in [0.1, 0.15) is 52.3 Å². The molecule has 0 aliphatic carbocycles. The Morgan fingerprint density at radius 2 is 1.94 bits per heavy atom. The lowest BCUT2D eigenvalue weighted by Crippen LogP contribution is -2.36. The molecule has 0 N–H and O–H groups in total. The normalized spacial score (nSPS) is 15.7. The number of aryl methyl sites for hydroxylation is 1. The van der Waals surface area contributed by atoms with Crippen molar-refractivity contribution in [3.8, 4) is 5.69 Å². The number of anilines is 1. The highest BCUT2D eigenvalue weighted by atomic mass is 35.5. The number of rotatable bonds is 9. The molecule has 1 aliphatic rings. The number of hydrogen-bond donors (Lipinski definition) is 0. The van der Waals surface area contributed by atoms with Gasteiger partial charge >= 0.3 is 0 Å². The average Bonchev–Trinajstić information content (AvgIpc) is 3.09. The van der Waals surface area contributed by atoms with Crippen LogP contribution < -0.4 is 4.90 Å². The molecule has 0 unspecified atom stereocenters. The minimum absolute atomic E-state index is 0.215. The molecule has 0 saturated carbocycles. The van der Waals surface area contributed by atoms with E-state index in [1.807, 2.05) is 35.9 Å². The number of fused-ring (bicyclic) bond motifs is 1. The fraction of sp³-hybridized carbons (Fsp3) is 0.560. The summed E-state index contributed by atoms with van der Waals surface area (Å²) in [6.07, 6.45) is 5.87. The van der Waals surface area contributed by atoms with Gasteiger partial charge in [-0.15, -0.1) is 0 Å². The van der Waals surface area contributed by atoms with Crippen LogP contribution in [0.25, 0.3) is 16.7 Å². The SMILES string of the molecule is CCCCS(=O)(=O)N1CCCN(c2nc(CCC(C)C)nc3c2cnn3-c2cccc(Cl)c2)CC1. The summed E-state index contributed by atoms with van der Waals surface area (Å²) in [6.45, 7) is 8.72. The fourth-order valence-corrected chi connectivity index (χ4v) is 6.21. The second kappa shape index (κ2) is 11.2. The highest BCUT2D eigenvalue weighted by Crippen LogP contribution is 2.28. The standard InChI is InChI=1S/C25H35ClN6O2S/c1-4-5-16-35(33,34)31-13-7-12-30(14-15-31)24-22-18-27-32(21-9-6-8-20(26)17-21)25(22)29-23(28-24)11-10-19(2)3/h6,8-9,17-19H,4-5,7,10-16H2,1-3H3. The molecule has 8 nitrogen and oxygen atoms in total. The summed E-state index contributed by atoms with van der Waals surface area (Å²) in [6, 6.07) is 7.56. The van der Waals surface area contributed by atoms with Gasteiger partial charge < -0.3 is 4.90 Å². The number of hydrogen-bond acceptors (Lipinski definition) is 6. The predicted octanol–water partition coefficient (Wildman–Crippen LogP) is 4.70. The van der Waals surface area contributed by atoms with E-state index in [4.69, 9.17) is 21.6 Å². The van der Waals surface area contributed by atoms with Crippen LogP contribution in [0.15, 0.2) is 30.5 Å². The Hall–Kier alpha value is -2.23. The van der Waals surface area contributed by atoms with Crippen LogP contribution in [-0.4, -0.2) is 64.4 Å². The molecule has 3 aromatic rings. The Kier molecular flexibility index (Phi) is 8.29. The number of nitrogens with zero attached hydrogens (tertiary/aromatic N) is 6. The maximum atomic E-state index is 12.8. The van der Waals surface area contributed by atoms with Crippen molar-refractivity contribution in [1.29, 1.82) is 0 Å². The van der Waals surface area contributed by atoms with Crippen molar-refractivity contribution in [2.75, 3.05) is 36.8 Å². The molecule has 3 heterocycles. The summed E-state index contributed by atoms with van der Waals surface area (Å²) < 4.78 is 29.1. The number of sulfonamides is 1.